The SMILES string of the molecule is C=CC1CCC(c2ccc(C3CCC(OCC4C=CC(CCC)CC4)CC3)cc2)CC1. The standard InChI is InChI=1S/C30H44O/c1-3-5-24-6-8-25(9-7-24)22-31-30-20-18-29(19-21-30)28-16-14-27(15-17-28)26-12-10-23(4-2)11-13-26/h4,6,8,14-17,23-26,29-30H,2-3,5,7,9-13,18-22H2,1H3. The van der Waals surface area contributed by atoms with Gasteiger partial charge in [0.25, 0.3) is 0 Å². The molecule has 0 radical (unpaired) electrons. The van der Waals surface area contributed by atoms with Crippen LogP contribution in [0.15, 0.2) is 49.1 Å². The molecule has 1 aromatic carbocycles. The number of allylic oxidation sites excluding steroid dienone is 2. The van der Waals surface area contributed by atoms with E-state index in [0.717, 1.165) is 30.3 Å². The summed E-state index contributed by atoms with van der Waals surface area (Å²) >= 11 is 0. The molecule has 0 amide bonds. The summed E-state index contributed by atoms with van der Waals surface area (Å²) in [5.74, 6) is 3.72. The molecule has 1 heteroatoms. The lowest BCUT2D eigenvalue weighted by Gasteiger charge is -2.31. The summed E-state index contributed by atoms with van der Waals surface area (Å²) in [6.45, 7) is 7.22. The zero-order chi connectivity index (χ0) is 21.5. The van der Waals surface area contributed by atoms with E-state index >= 15 is 0 Å². The number of ether oxygens (including phenoxy) is 1. The van der Waals surface area contributed by atoms with Crippen molar-refractivity contribution in [3.05, 3.63) is 60.2 Å². The first-order valence-electron chi connectivity index (χ1n) is 13.3. The molecule has 3 aliphatic rings. The highest BCUT2D eigenvalue weighted by molar-refractivity contribution is 5.28. The van der Waals surface area contributed by atoms with Crippen molar-refractivity contribution >= 4 is 0 Å². The van der Waals surface area contributed by atoms with E-state index in [4.69, 9.17) is 4.74 Å². The fraction of sp³-hybridized carbons (Fsp3) is 0.667. The average Bonchev–Trinajstić information content (AvgIpc) is 2.84. The maximum atomic E-state index is 6.36. The monoisotopic (exact) mass is 420 g/mol. The fourth-order valence-corrected chi connectivity index (χ4v) is 6.24. The fourth-order valence-electron chi connectivity index (χ4n) is 6.24. The van der Waals surface area contributed by atoms with Crippen LogP contribution in [0.3, 0.4) is 0 Å². The molecule has 4 rings (SSSR count). The third-order valence-electron chi connectivity index (χ3n) is 8.43. The third-order valence-corrected chi connectivity index (χ3v) is 8.43. The molecule has 3 aliphatic carbocycles. The number of hydrogen-bond acceptors (Lipinski definition) is 1. The summed E-state index contributed by atoms with van der Waals surface area (Å²) in [5, 5.41) is 0. The smallest absolute Gasteiger partial charge is 0.0575 e. The number of rotatable bonds is 8. The van der Waals surface area contributed by atoms with Crippen LogP contribution in [0.4, 0.5) is 0 Å². The number of benzene rings is 1. The Morgan fingerprint density at radius 2 is 1.32 bits per heavy atom. The van der Waals surface area contributed by atoms with E-state index in [1.807, 2.05) is 0 Å². The third kappa shape index (κ3) is 6.35. The second kappa shape index (κ2) is 11.5. The van der Waals surface area contributed by atoms with Crippen LogP contribution in [0, 0.1) is 17.8 Å². The van der Waals surface area contributed by atoms with Crippen molar-refractivity contribution in [3.63, 3.8) is 0 Å². The van der Waals surface area contributed by atoms with Gasteiger partial charge in [0.05, 0.1) is 12.7 Å². The van der Waals surface area contributed by atoms with E-state index in [1.165, 1.54) is 77.0 Å². The van der Waals surface area contributed by atoms with Crippen molar-refractivity contribution in [3.8, 4) is 0 Å². The highest BCUT2D eigenvalue weighted by Crippen LogP contribution is 2.38. The molecular weight excluding hydrogens is 376 g/mol. The quantitative estimate of drug-likeness (QED) is 0.383. The van der Waals surface area contributed by atoms with Crippen molar-refractivity contribution in [2.24, 2.45) is 17.8 Å². The second-order valence-electron chi connectivity index (χ2n) is 10.6. The van der Waals surface area contributed by atoms with Crippen molar-refractivity contribution in [2.45, 2.75) is 102 Å². The largest absolute Gasteiger partial charge is 0.378 e. The molecule has 2 saturated carbocycles. The zero-order valence-corrected chi connectivity index (χ0v) is 19.8. The molecule has 2 unspecified atom stereocenters. The Kier molecular flexibility index (Phi) is 8.48. The Bertz CT molecular complexity index is 686. The molecule has 170 valence electrons. The van der Waals surface area contributed by atoms with Gasteiger partial charge in [-0.25, -0.2) is 0 Å². The van der Waals surface area contributed by atoms with Gasteiger partial charge in [-0.2, -0.15) is 0 Å². The van der Waals surface area contributed by atoms with Crippen LogP contribution < -0.4 is 0 Å². The molecule has 0 aromatic heterocycles. The summed E-state index contributed by atoms with van der Waals surface area (Å²) in [4.78, 5) is 0. The van der Waals surface area contributed by atoms with Gasteiger partial charge >= 0.3 is 0 Å². The van der Waals surface area contributed by atoms with Gasteiger partial charge in [-0.1, -0.05) is 55.8 Å². The molecule has 1 nitrogen and oxygen atoms in total. The van der Waals surface area contributed by atoms with Gasteiger partial charge in [-0.3, -0.25) is 0 Å². The van der Waals surface area contributed by atoms with E-state index < -0.39 is 0 Å². The van der Waals surface area contributed by atoms with Crippen LogP contribution >= 0.6 is 0 Å². The van der Waals surface area contributed by atoms with Crippen molar-refractivity contribution in [1.82, 2.24) is 0 Å². The predicted molar refractivity (Wildman–Crippen MR) is 133 cm³/mol. The van der Waals surface area contributed by atoms with Crippen molar-refractivity contribution in [2.75, 3.05) is 6.61 Å². The summed E-state index contributed by atoms with van der Waals surface area (Å²) in [6.07, 6.45) is 23.2. The molecular formula is C30H44O. The maximum absolute atomic E-state index is 6.36. The summed E-state index contributed by atoms with van der Waals surface area (Å²) < 4.78 is 6.36. The minimum Gasteiger partial charge on any atom is -0.378 e. The predicted octanol–water partition coefficient (Wildman–Crippen LogP) is 8.57. The molecule has 0 spiro atoms. The van der Waals surface area contributed by atoms with Gasteiger partial charge in [0.15, 0.2) is 0 Å². The average molecular weight is 421 g/mol. The Hall–Kier alpha value is -1.34. The summed E-state index contributed by atoms with van der Waals surface area (Å²) in [5.41, 5.74) is 3.11. The van der Waals surface area contributed by atoms with Gasteiger partial charge < -0.3 is 4.74 Å². The topological polar surface area (TPSA) is 9.23 Å². The molecule has 0 bridgehead atoms. The highest BCUT2D eigenvalue weighted by atomic mass is 16.5. The van der Waals surface area contributed by atoms with Crippen LogP contribution in [0.5, 0.6) is 0 Å². The van der Waals surface area contributed by atoms with Crippen LogP contribution in [-0.2, 0) is 4.74 Å². The van der Waals surface area contributed by atoms with E-state index in [9.17, 15) is 0 Å². The second-order valence-corrected chi connectivity index (χ2v) is 10.6. The first kappa shape index (κ1) is 22.8. The zero-order valence-electron chi connectivity index (χ0n) is 19.8. The Morgan fingerprint density at radius 1 is 0.774 bits per heavy atom. The van der Waals surface area contributed by atoms with Crippen LogP contribution in [0.25, 0.3) is 0 Å². The van der Waals surface area contributed by atoms with E-state index in [-0.39, 0.29) is 0 Å². The van der Waals surface area contributed by atoms with Crippen molar-refractivity contribution in [1.29, 1.82) is 0 Å². The molecule has 0 aliphatic heterocycles. The first-order valence-corrected chi connectivity index (χ1v) is 13.3. The molecule has 31 heavy (non-hydrogen) atoms. The highest BCUT2D eigenvalue weighted by Gasteiger charge is 2.25. The van der Waals surface area contributed by atoms with Crippen LogP contribution in [0.1, 0.15) is 107 Å². The van der Waals surface area contributed by atoms with Gasteiger partial charge in [0.2, 0.25) is 0 Å². The molecule has 2 atom stereocenters. The summed E-state index contributed by atoms with van der Waals surface area (Å²) in [7, 11) is 0. The van der Waals surface area contributed by atoms with E-state index in [1.54, 1.807) is 11.1 Å². The van der Waals surface area contributed by atoms with Gasteiger partial charge in [0.1, 0.15) is 0 Å². The molecule has 2 fully saturated rings. The van der Waals surface area contributed by atoms with Crippen LogP contribution in [-0.4, -0.2) is 12.7 Å². The lowest BCUT2D eigenvalue weighted by atomic mass is 9.77. The minimum atomic E-state index is 0.484. The maximum Gasteiger partial charge on any atom is 0.0575 e. The van der Waals surface area contributed by atoms with Gasteiger partial charge in [-0.05, 0) is 105 Å². The Labute approximate surface area is 191 Å². The van der Waals surface area contributed by atoms with Crippen molar-refractivity contribution < 1.29 is 4.74 Å². The summed E-state index contributed by atoms with van der Waals surface area (Å²) in [6, 6.07) is 9.72. The molecule has 1 aromatic rings. The minimum absolute atomic E-state index is 0.484. The normalized spacial score (nSPS) is 33.8. The van der Waals surface area contributed by atoms with Gasteiger partial charge in [0, 0.05) is 5.92 Å². The van der Waals surface area contributed by atoms with Crippen LogP contribution in [0.2, 0.25) is 0 Å². The Morgan fingerprint density at radius 3 is 1.84 bits per heavy atom. The first-order chi connectivity index (χ1) is 15.2. The lowest BCUT2D eigenvalue weighted by molar-refractivity contribution is 0.00925. The van der Waals surface area contributed by atoms with E-state index in [2.05, 4.69) is 56.0 Å². The lowest BCUT2D eigenvalue weighted by Crippen LogP contribution is -2.24. The number of hydrogen-bond donors (Lipinski definition) is 0. The van der Waals surface area contributed by atoms with Gasteiger partial charge in [-0.15, -0.1) is 6.58 Å². The van der Waals surface area contributed by atoms with E-state index in [0.29, 0.717) is 12.0 Å². The Balaban J connectivity index is 1.19. The molecule has 0 heterocycles. The molecule has 0 N–H and O–H groups in total. The molecule has 0 saturated heterocycles.